The van der Waals surface area contributed by atoms with E-state index in [4.69, 9.17) is 4.74 Å². The Bertz CT molecular complexity index is 313. The minimum absolute atomic E-state index is 0.00382. The van der Waals surface area contributed by atoms with Crippen LogP contribution in [0.3, 0.4) is 0 Å². The summed E-state index contributed by atoms with van der Waals surface area (Å²) in [6.45, 7) is 3.41. The van der Waals surface area contributed by atoms with Crippen LogP contribution in [0.1, 0.15) is 39.0 Å². The first-order valence-electron chi connectivity index (χ1n) is 6.86. The van der Waals surface area contributed by atoms with E-state index >= 15 is 0 Å². The molecule has 2 fully saturated rings. The van der Waals surface area contributed by atoms with Crippen molar-refractivity contribution in [3.8, 4) is 0 Å². The van der Waals surface area contributed by atoms with E-state index in [0.29, 0.717) is 32.2 Å². The summed E-state index contributed by atoms with van der Waals surface area (Å²) in [5, 5.41) is 2.68. The summed E-state index contributed by atoms with van der Waals surface area (Å²) in [4.78, 5) is 25.1. The lowest BCUT2D eigenvalue weighted by Crippen LogP contribution is -2.43. The van der Waals surface area contributed by atoms with Crippen LogP contribution in [0, 0.1) is 0 Å². The minimum Gasteiger partial charge on any atom is -0.376 e. The molecule has 2 amide bonds. The van der Waals surface area contributed by atoms with Crippen molar-refractivity contribution in [2.45, 2.75) is 51.2 Å². The number of carbonyl (C=O) groups is 2. The highest BCUT2D eigenvalue weighted by molar-refractivity contribution is 5.89. The normalized spacial score (nSPS) is 26.3. The van der Waals surface area contributed by atoms with Crippen molar-refractivity contribution < 1.29 is 14.3 Å². The van der Waals surface area contributed by atoms with Gasteiger partial charge in [0, 0.05) is 19.5 Å². The van der Waals surface area contributed by atoms with Crippen molar-refractivity contribution in [1.82, 2.24) is 10.2 Å². The van der Waals surface area contributed by atoms with Crippen LogP contribution < -0.4 is 5.32 Å². The van der Waals surface area contributed by atoms with Crippen molar-refractivity contribution in [1.29, 1.82) is 0 Å². The van der Waals surface area contributed by atoms with E-state index in [-0.39, 0.29) is 11.8 Å². The lowest BCUT2D eigenvalue weighted by atomic mass is 10.3. The smallest absolute Gasteiger partial charge is 0.244 e. The molecule has 1 saturated carbocycles. The molecule has 2 rings (SSSR count). The molecule has 1 heterocycles. The van der Waals surface area contributed by atoms with E-state index in [2.05, 4.69) is 5.32 Å². The van der Waals surface area contributed by atoms with Gasteiger partial charge in [-0.3, -0.25) is 9.59 Å². The molecule has 0 aromatic rings. The lowest BCUT2D eigenvalue weighted by Gasteiger charge is -2.23. The topological polar surface area (TPSA) is 58.6 Å². The zero-order valence-corrected chi connectivity index (χ0v) is 11.0. The van der Waals surface area contributed by atoms with Crippen LogP contribution >= 0.6 is 0 Å². The fourth-order valence-corrected chi connectivity index (χ4v) is 2.60. The standard InChI is InChI=1S/C13H22N2O3/c1-10-13(17)15(7-6-12(16)14-10)8-9-18-11-4-2-3-5-11/h10-11H,2-9H2,1H3,(H,14,16). The predicted molar refractivity (Wildman–Crippen MR) is 67.0 cm³/mol. The van der Waals surface area contributed by atoms with Gasteiger partial charge in [-0.05, 0) is 19.8 Å². The summed E-state index contributed by atoms with van der Waals surface area (Å²) < 4.78 is 5.76. The van der Waals surface area contributed by atoms with Gasteiger partial charge in [-0.25, -0.2) is 0 Å². The Balaban J connectivity index is 1.76. The number of hydrogen-bond donors (Lipinski definition) is 1. The van der Waals surface area contributed by atoms with Crippen molar-refractivity contribution in [2.75, 3.05) is 19.7 Å². The molecule has 0 aromatic heterocycles. The maximum absolute atomic E-state index is 12.0. The summed E-state index contributed by atoms with van der Waals surface area (Å²) in [7, 11) is 0. The van der Waals surface area contributed by atoms with Crippen LogP contribution in [-0.4, -0.2) is 48.6 Å². The van der Waals surface area contributed by atoms with Crippen molar-refractivity contribution in [3.63, 3.8) is 0 Å². The lowest BCUT2D eigenvalue weighted by molar-refractivity contribution is -0.133. The third-order valence-electron chi connectivity index (χ3n) is 3.69. The monoisotopic (exact) mass is 254 g/mol. The van der Waals surface area contributed by atoms with E-state index in [1.54, 1.807) is 11.8 Å². The van der Waals surface area contributed by atoms with Gasteiger partial charge >= 0.3 is 0 Å². The second-order valence-corrected chi connectivity index (χ2v) is 5.14. The second-order valence-electron chi connectivity index (χ2n) is 5.14. The molecule has 1 N–H and O–H groups in total. The fraction of sp³-hybridized carbons (Fsp3) is 0.846. The molecule has 1 saturated heterocycles. The first-order chi connectivity index (χ1) is 8.66. The number of ether oxygens (including phenoxy) is 1. The summed E-state index contributed by atoms with van der Waals surface area (Å²) in [5.74, 6) is -0.0501. The Morgan fingerprint density at radius 3 is 2.78 bits per heavy atom. The maximum atomic E-state index is 12.0. The number of rotatable bonds is 4. The van der Waals surface area contributed by atoms with Gasteiger partial charge in [0.2, 0.25) is 11.8 Å². The van der Waals surface area contributed by atoms with Crippen LogP contribution in [0.15, 0.2) is 0 Å². The Morgan fingerprint density at radius 2 is 2.06 bits per heavy atom. The highest BCUT2D eigenvalue weighted by Gasteiger charge is 2.26. The van der Waals surface area contributed by atoms with E-state index in [0.717, 1.165) is 12.8 Å². The largest absolute Gasteiger partial charge is 0.376 e. The van der Waals surface area contributed by atoms with Crippen LogP contribution in [0.5, 0.6) is 0 Å². The summed E-state index contributed by atoms with van der Waals surface area (Å²) >= 11 is 0. The van der Waals surface area contributed by atoms with Gasteiger partial charge in [0.1, 0.15) is 6.04 Å². The van der Waals surface area contributed by atoms with Gasteiger partial charge < -0.3 is 15.0 Å². The van der Waals surface area contributed by atoms with Crippen molar-refractivity contribution in [3.05, 3.63) is 0 Å². The van der Waals surface area contributed by atoms with Crippen molar-refractivity contribution in [2.24, 2.45) is 0 Å². The van der Waals surface area contributed by atoms with Crippen LogP contribution in [-0.2, 0) is 14.3 Å². The summed E-state index contributed by atoms with van der Waals surface area (Å²) in [6, 6.07) is -0.411. The molecule has 1 atom stereocenters. The number of amides is 2. The quantitative estimate of drug-likeness (QED) is 0.802. The van der Waals surface area contributed by atoms with Gasteiger partial charge in [-0.1, -0.05) is 12.8 Å². The number of hydrogen-bond acceptors (Lipinski definition) is 3. The molecular weight excluding hydrogens is 232 g/mol. The molecular formula is C13H22N2O3. The average Bonchev–Trinajstić information content (AvgIpc) is 2.81. The van der Waals surface area contributed by atoms with E-state index in [9.17, 15) is 9.59 Å². The van der Waals surface area contributed by atoms with E-state index in [1.807, 2.05) is 0 Å². The third kappa shape index (κ3) is 3.45. The molecule has 0 spiro atoms. The Kier molecular flexibility index (Phi) is 4.58. The first kappa shape index (κ1) is 13.3. The van der Waals surface area contributed by atoms with Crippen molar-refractivity contribution >= 4 is 11.8 Å². The summed E-state index contributed by atoms with van der Waals surface area (Å²) in [5.41, 5.74) is 0. The molecule has 102 valence electrons. The molecule has 1 unspecified atom stereocenters. The fourth-order valence-electron chi connectivity index (χ4n) is 2.60. The van der Waals surface area contributed by atoms with Gasteiger partial charge in [-0.15, -0.1) is 0 Å². The maximum Gasteiger partial charge on any atom is 0.244 e. The van der Waals surface area contributed by atoms with Gasteiger partial charge in [-0.2, -0.15) is 0 Å². The van der Waals surface area contributed by atoms with Crippen LogP contribution in [0.25, 0.3) is 0 Å². The average molecular weight is 254 g/mol. The van der Waals surface area contributed by atoms with E-state index < -0.39 is 6.04 Å². The third-order valence-corrected chi connectivity index (χ3v) is 3.69. The highest BCUT2D eigenvalue weighted by atomic mass is 16.5. The Hall–Kier alpha value is -1.10. The Morgan fingerprint density at radius 1 is 1.33 bits per heavy atom. The molecule has 1 aliphatic heterocycles. The van der Waals surface area contributed by atoms with Crippen LogP contribution in [0.4, 0.5) is 0 Å². The SMILES string of the molecule is CC1NC(=O)CCN(CCOC2CCCC2)C1=O. The molecule has 2 aliphatic rings. The van der Waals surface area contributed by atoms with E-state index in [1.165, 1.54) is 12.8 Å². The molecule has 0 aromatic carbocycles. The molecule has 5 heteroatoms. The molecule has 0 radical (unpaired) electrons. The van der Waals surface area contributed by atoms with Gasteiger partial charge in [0.15, 0.2) is 0 Å². The zero-order valence-electron chi connectivity index (χ0n) is 11.0. The molecule has 18 heavy (non-hydrogen) atoms. The van der Waals surface area contributed by atoms with Gasteiger partial charge in [0.05, 0.1) is 12.7 Å². The van der Waals surface area contributed by atoms with Gasteiger partial charge in [0.25, 0.3) is 0 Å². The molecule has 1 aliphatic carbocycles. The second kappa shape index (κ2) is 6.18. The zero-order chi connectivity index (χ0) is 13.0. The molecule has 0 bridgehead atoms. The van der Waals surface area contributed by atoms with Crippen LogP contribution in [0.2, 0.25) is 0 Å². The molecule has 5 nitrogen and oxygen atoms in total. The number of nitrogens with zero attached hydrogens (tertiary/aromatic N) is 1. The first-order valence-corrected chi connectivity index (χ1v) is 6.86. The number of carbonyl (C=O) groups excluding carboxylic acids is 2. The minimum atomic E-state index is -0.411. The highest BCUT2D eigenvalue weighted by Crippen LogP contribution is 2.20. The Labute approximate surface area is 108 Å². The predicted octanol–water partition coefficient (Wildman–Crippen LogP) is 0.683. The summed E-state index contributed by atoms with van der Waals surface area (Å²) in [6.07, 6.45) is 5.56. The number of nitrogens with one attached hydrogen (secondary N) is 1.